The average molecular weight is 226 g/mol. The minimum atomic E-state index is -1.95. The van der Waals surface area contributed by atoms with Crippen LogP contribution in [0.25, 0.3) is 0 Å². The molecule has 0 saturated carbocycles. The SMILES string of the molecule is CC(=O)Cc1cccc(F)c1C(O)C(=O)O. The summed E-state index contributed by atoms with van der Waals surface area (Å²) in [7, 11) is 0. The highest BCUT2D eigenvalue weighted by atomic mass is 19.1. The second kappa shape index (κ2) is 4.85. The second-order valence-electron chi connectivity index (χ2n) is 3.43. The predicted octanol–water partition coefficient (Wildman–Crippen LogP) is 1.08. The van der Waals surface area contributed by atoms with Gasteiger partial charge in [-0.2, -0.15) is 0 Å². The molecular weight excluding hydrogens is 215 g/mol. The van der Waals surface area contributed by atoms with E-state index in [2.05, 4.69) is 0 Å². The van der Waals surface area contributed by atoms with Gasteiger partial charge in [-0.15, -0.1) is 0 Å². The Labute approximate surface area is 91.3 Å². The predicted molar refractivity (Wildman–Crippen MR) is 53.4 cm³/mol. The third-order valence-corrected chi connectivity index (χ3v) is 2.09. The fourth-order valence-electron chi connectivity index (χ4n) is 1.43. The van der Waals surface area contributed by atoms with Crippen molar-refractivity contribution in [2.75, 3.05) is 0 Å². The molecule has 0 aromatic heterocycles. The molecule has 0 bridgehead atoms. The summed E-state index contributed by atoms with van der Waals surface area (Å²) < 4.78 is 13.4. The zero-order valence-corrected chi connectivity index (χ0v) is 8.61. The van der Waals surface area contributed by atoms with Gasteiger partial charge in [-0.05, 0) is 18.6 Å². The number of aliphatic hydroxyl groups excluding tert-OH is 1. The lowest BCUT2D eigenvalue weighted by atomic mass is 9.98. The van der Waals surface area contributed by atoms with Crippen molar-refractivity contribution in [2.45, 2.75) is 19.4 Å². The van der Waals surface area contributed by atoms with Crippen molar-refractivity contribution in [3.63, 3.8) is 0 Å². The summed E-state index contributed by atoms with van der Waals surface area (Å²) >= 11 is 0. The van der Waals surface area contributed by atoms with Gasteiger partial charge in [-0.3, -0.25) is 4.79 Å². The summed E-state index contributed by atoms with van der Waals surface area (Å²) in [5.74, 6) is -2.60. The smallest absolute Gasteiger partial charge is 0.337 e. The number of carboxylic acid groups (broad SMARTS) is 1. The summed E-state index contributed by atoms with van der Waals surface area (Å²) in [6, 6.07) is 3.84. The number of aliphatic carboxylic acids is 1. The highest BCUT2D eigenvalue weighted by Gasteiger charge is 2.23. The number of carbonyl (C=O) groups is 2. The summed E-state index contributed by atoms with van der Waals surface area (Å²) in [5.41, 5.74) is -0.146. The number of ketones is 1. The fraction of sp³-hybridized carbons (Fsp3) is 0.273. The third-order valence-electron chi connectivity index (χ3n) is 2.09. The van der Waals surface area contributed by atoms with Gasteiger partial charge >= 0.3 is 5.97 Å². The minimum absolute atomic E-state index is 0.0998. The van der Waals surface area contributed by atoms with E-state index in [1.165, 1.54) is 19.1 Å². The molecule has 0 radical (unpaired) electrons. The monoisotopic (exact) mass is 226 g/mol. The normalized spacial score (nSPS) is 12.2. The number of carbonyl (C=O) groups excluding carboxylic acids is 1. The number of carboxylic acids is 1. The molecule has 5 heteroatoms. The minimum Gasteiger partial charge on any atom is -0.479 e. The van der Waals surface area contributed by atoms with Crippen LogP contribution in [0.5, 0.6) is 0 Å². The van der Waals surface area contributed by atoms with Gasteiger partial charge < -0.3 is 10.2 Å². The van der Waals surface area contributed by atoms with Crippen LogP contribution in [0.15, 0.2) is 18.2 Å². The molecule has 0 spiro atoms. The van der Waals surface area contributed by atoms with Gasteiger partial charge in [0.2, 0.25) is 0 Å². The Bertz CT molecular complexity index is 428. The second-order valence-corrected chi connectivity index (χ2v) is 3.43. The van der Waals surface area contributed by atoms with Crippen molar-refractivity contribution >= 4 is 11.8 Å². The summed E-state index contributed by atoms with van der Waals surface area (Å²) in [4.78, 5) is 21.5. The van der Waals surface area contributed by atoms with Gasteiger partial charge in [-0.1, -0.05) is 12.1 Å². The molecule has 0 aliphatic heterocycles. The Kier molecular flexibility index (Phi) is 3.73. The van der Waals surface area contributed by atoms with Crippen LogP contribution in [0.2, 0.25) is 0 Å². The van der Waals surface area contributed by atoms with E-state index in [1.54, 1.807) is 0 Å². The van der Waals surface area contributed by atoms with E-state index in [0.717, 1.165) is 6.07 Å². The molecule has 0 saturated heterocycles. The van der Waals surface area contributed by atoms with Crippen molar-refractivity contribution in [1.29, 1.82) is 0 Å². The quantitative estimate of drug-likeness (QED) is 0.805. The van der Waals surface area contributed by atoms with Gasteiger partial charge in [0.1, 0.15) is 11.6 Å². The molecule has 1 rings (SSSR count). The molecule has 0 fully saturated rings. The number of hydrogen-bond donors (Lipinski definition) is 2. The Morgan fingerprint density at radius 3 is 2.56 bits per heavy atom. The van der Waals surface area contributed by atoms with E-state index < -0.39 is 17.9 Å². The number of halogens is 1. The Hall–Kier alpha value is -1.75. The zero-order chi connectivity index (χ0) is 12.3. The zero-order valence-electron chi connectivity index (χ0n) is 8.61. The molecule has 0 aliphatic rings. The molecule has 1 aromatic carbocycles. The van der Waals surface area contributed by atoms with Crippen LogP contribution in [-0.4, -0.2) is 22.0 Å². The molecule has 2 N–H and O–H groups in total. The highest BCUT2D eigenvalue weighted by molar-refractivity contribution is 5.80. The molecule has 0 aliphatic carbocycles. The van der Waals surface area contributed by atoms with Crippen molar-refractivity contribution in [2.24, 2.45) is 0 Å². The Balaban J connectivity index is 3.22. The summed E-state index contributed by atoms with van der Waals surface area (Å²) in [5, 5.41) is 17.9. The first-order chi connectivity index (χ1) is 7.43. The Morgan fingerprint density at radius 1 is 1.44 bits per heavy atom. The first-order valence-corrected chi connectivity index (χ1v) is 4.61. The lowest BCUT2D eigenvalue weighted by Crippen LogP contribution is -2.15. The maximum atomic E-state index is 13.4. The molecule has 86 valence electrons. The average Bonchev–Trinajstić information content (AvgIpc) is 2.16. The van der Waals surface area contributed by atoms with Gasteiger partial charge in [0.15, 0.2) is 6.10 Å². The Morgan fingerprint density at radius 2 is 2.06 bits per heavy atom. The van der Waals surface area contributed by atoms with E-state index in [4.69, 9.17) is 5.11 Å². The van der Waals surface area contributed by atoms with E-state index in [1.807, 2.05) is 0 Å². The van der Waals surface area contributed by atoms with Crippen LogP contribution in [0.1, 0.15) is 24.2 Å². The van der Waals surface area contributed by atoms with Crippen LogP contribution in [0.4, 0.5) is 4.39 Å². The van der Waals surface area contributed by atoms with Crippen LogP contribution in [0, 0.1) is 5.82 Å². The van der Waals surface area contributed by atoms with Crippen molar-refractivity contribution in [3.8, 4) is 0 Å². The maximum absolute atomic E-state index is 13.4. The molecule has 0 amide bonds. The maximum Gasteiger partial charge on any atom is 0.337 e. The topological polar surface area (TPSA) is 74.6 Å². The number of hydrogen-bond acceptors (Lipinski definition) is 3. The van der Waals surface area contributed by atoms with Crippen molar-refractivity contribution in [1.82, 2.24) is 0 Å². The lowest BCUT2D eigenvalue weighted by molar-refractivity contribution is -0.147. The lowest BCUT2D eigenvalue weighted by Gasteiger charge is -2.12. The van der Waals surface area contributed by atoms with E-state index >= 15 is 0 Å². The molecule has 1 aromatic rings. The number of Topliss-reactive ketones (excluding diaryl/α,β-unsaturated/α-hetero) is 1. The van der Waals surface area contributed by atoms with E-state index in [9.17, 15) is 19.1 Å². The van der Waals surface area contributed by atoms with E-state index in [-0.39, 0.29) is 23.3 Å². The van der Waals surface area contributed by atoms with Gasteiger partial charge in [0.05, 0.1) is 0 Å². The molecule has 1 atom stereocenters. The van der Waals surface area contributed by atoms with Crippen LogP contribution >= 0.6 is 0 Å². The van der Waals surface area contributed by atoms with E-state index in [0.29, 0.717) is 0 Å². The van der Waals surface area contributed by atoms with Gasteiger partial charge in [0.25, 0.3) is 0 Å². The van der Waals surface area contributed by atoms with Crippen LogP contribution in [0.3, 0.4) is 0 Å². The number of benzene rings is 1. The standard InChI is InChI=1S/C11H11FO4/c1-6(13)5-7-3-2-4-8(12)9(7)10(14)11(15)16/h2-4,10,14H,5H2,1H3,(H,15,16). The number of aliphatic hydroxyl groups is 1. The molecule has 16 heavy (non-hydrogen) atoms. The van der Waals surface area contributed by atoms with Crippen molar-refractivity contribution < 1.29 is 24.2 Å². The first kappa shape index (κ1) is 12.3. The largest absolute Gasteiger partial charge is 0.479 e. The van der Waals surface area contributed by atoms with Crippen molar-refractivity contribution in [3.05, 3.63) is 35.1 Å². The van der Waals surface area contributed by atoms with Gasteiger partial charge in [-0.25, -0.2) is 9.18 Å². The summed E-state index contributed by atoms with van der Waals surface area (Å²) in [6.45, 7) is 1.31. The van der Waals surface area contributed by atoms with Crippen LogP contribution in [-0.2, 0) is 16.0 Å². The highest BCUT2D eigenvalue weighted by Crippen LogP contribution is 2.22. The molecule has 4 nitrogen and oxygen atoms in total. The first-order valence-electron chi connectivity index (χ1n) is 4.61. The van der Waals surface area contributed by atoms with Gasteiger partial charge in [0, 0.05) is 12.0 Å². The number of rotatable bonds is 4. The summed E-state index contributed by atoms with van der Waals surface area (Å²) in [6.07, 6.45) is -2.05. The molecule has 0 heterocycles. The third kappa shape index (κ3) is 2.64. The van der Waals surface area contributed by atoms with Crippen LogP contribution < -0.4 is 0 Å². The molecule has 1 unspecified atom stereocenters. The molecular formula is C11H11FO4. The fourth-order valence-corrected chi connectivity index (χ4v) is 1.43.